The van der Waals surface area contributed by atoms with Crippen LogP contribution < -0.4 is 5.32 Å². The van der Waals surface area contributed by atoms with Crippen LogP contribution in [-0.2, 0) is 16.1 Å². The summed E-state index contributed by atoms with van der Waals surface area (Å²) >= 11 is 0. The van der Waals surface area contributed by atoms with Crippen LogP contribution in [0.2, 0.25) is 0 Å². The van der Waals surface area contributed by atoms with Crippen molar-refractivity contribution in [1.29, 1.82) is 0 Å². The predicted octanol–water partition coefficient (Wildman–Crippen LogP) is 2.27. The van der Waals surface area contributed by atoms with Crippen LogP contribution in [0.4, 0.5) is 4.79 Å². The van der Waals surface area contributed by atoms with Crippen molar-refractivity contribution in [3.63, 3.8) is 0 Å². The van der Waals surface area contributed by atoms with Gasteiger partial charge in [-0.15, -0.1) is 0 Å². The van der Waals surface area contributed by atoms with Crippen LogP contribution in [0.5, 0.6) is 0 Å². The van der Waals surface area contributed by atoms with E-state index in [4.69, 9.17) is 4.42 Å². The Morgan fingerprint density at radius 3 is 2.71 bits per heavy atom. The minimum Gasteiger partial charge on any atom is -0.467 e. The van der Waals surface area contributed by atoms with Crippen molar-refractivity contribution in [1.82, 2.24) is 10.2 Å². The zero-order valence-corrected chi connectivity index (χ0v) is 13.7. The van der Waals surface area contributed by atoms with Gasteiger partial charge in [-0.1, -0.05) is 19.3 Å². The first-order chi connectivity index (χ1) is 11.6. The van der Waals surface area contributed by atoms with Gasteiger partial charge >= 0.3 is 6.03 Å². The molecule has 3 rings (SSSR count). The van der Waals surface area contributed by atoms with E-state index in [1.807, 2.05) is 0 Å². The van der Waals surface area contributed by atoms with E-state index in [1.54, 1.807) is 25.3 Å². The number of nitrogens with one attached hydrogen (secondary N) is 1. The minimum atomic E-state index is -1.04. The van der Waals surface area contributed by atoms with E-state index < -0.39 is 23.8 Å². The molecule has 2 aliphatic rings. The van der Waals surface area contributed by atoms with E-state index in [0.29, 0.717) is 11.5 Å². The minimum absolute atomic E-state index is 0.125. The summed E-state index contributed by atoms with van der Waals surface area (Å²) < 4.78 is 5.20. The fourth-order valence-electron chi connectivity index (χ4n) is 3.34. The van der Waals surface area contributed by atoms with Crippen molar-refractivity contribution >= 4 is 23.6 Å². The Labute approximate surface area is 140 Å². The van der Waals surface area contributed by atoms with Gasteiger partial charge in [0, 0.05) is 11.8 Å². The van der Waals surface area contributed by atoms with Gasteiger partial charge in [-0.25, -0.2) is 4.79 Å². The molecule has 2 heterocycles. The SMILES string of the molecule is CC(=NCc1ccco1)C1C(=O)NC(=O)N(C2CCCCC2)C1=O. The van der Waals surface area contributed by atoms with E-state index in [9.17, 15) is 14.4 Å². The lowest BCUT2D eigenvalue weighted by molar-refractivity contribution is -0.141. The third-order valence-electron chi connectivity index (χ3n) is 4.62. The van der Waals surface area contributed by atoms with Crippen molar-refractivity contribution in [2.45, 2.75) is 51.6 Å². The molecule has 24 heavy (non-hydrogen) atoms. The second kappa shape index (κ2) is 6.98. The molecule has 1 N–H and O–H groups in total. The summed E-state index contributed by atoms with van der Waals surface area (Å²) in [4.78, 5) is 42.6. The van der Waals surface area contributed by atoms with E-state index in [1.165, 1.54) is 4.90 Å². The first kappa shape index (κ1) is 16.4. The Bertz CT molecular complexity index is 659. The van der Waals surface area contributed by atoms with Crippen molar-refractivity contribution in [3.05, 3.63) is 24.2 Å². The summed E-state index contributed by atoms with van der Waals surface area (Å²) in [5.74, 6) is -1.45. The van der Waals surface area contributed by atoms with E-state index in [-0.39, 0.29) is 12.6 Å². The van der Waals surface area contributed by atoms with Crippen molar-refractivity contribution in [3.8, 4) is 0 Å². The number of imide groups is 2. The number of rotatable bonds is 4. The lowest BCUT2D eigenvalue weighted by Crippen LogP contribution is -2.62. The summed E-state index contributed by atoms with van der Waals surface area (Å²) in [5, 5.41) is 2.30. The molecule has 1 saturated heterocycles. The Kier molecular flexibility index (Phi) is 4.78. The Balaban J connectivity index is 1.78. The van der Waals surface area contributed by atoms with Gasteiger partial charge < -0.3 is 4.42 Å². The molecule has 1 aromatic heterocycles. The second-order valence-corrected chi connectivity index (χ2v) is 6.26. The molecule has 1 unspecified atom stereocenters. The molecular formula is C17H21N3O4. The fraction of sp³-hybridized carbons (Fsp3) is 0.529. The van der Waals surface area contributed by atoms with Crippen LogP contribution >= 0.6 is 0 Å². The van der Waals surface area contributed by atoms with Gasteiger partial charge in [0.1, 0.15) is 5.76 Å². The maximum absolute atomic E-state index is 12.8. The average molecular weight is 331 g/mol. The molecule has 1 saturated carbocycles. The van der Waals surface area contributed by atoms with Crippen LogP contribution in [0, 0.1) is 5.92 Å². The smallest absolute Gasteiger partial charge is 0.331 e. The summed E-state index contributed by atoms with van der Waals surface area (Å²) in [6.45, 7) is 1.90. The van der Waals surface area contributed by atoms with E-state index in [2.05, 4.69) is 10.3 Å². The number of amides is 4. The number of hydrogen-bond acceptors (Lipinski definition) is 5. The zero-order chi connectivity index (χ0) is 17.1. The first-order valence-corrected chi connectivity index (χ1v) is 8.29. The highest BCUT2D eigenvalue weighted by molar-refractivity contribution is 6.27. The molecule has 2 fully saturated rings. The first-order valence-electron chi connectivity index (χ1n) is 8.29. The zero-order valence-electron chi connectivity index (χ0n) is 13.7. The van der Waals surface area contributed by atoms with Crippen LogP contribution in [0.15, 0.2) is 27.8 Å². The van der Waals surface area contributed by atoms with Gasteiger partial charge in [-0.05, 0) is 31.9 Å². The number of urea groups is 1. The molecule has 1 aliphatic heterocycles. The Morgan fingerprint density at radius 2 is 2.04 bits per heavy atom. The predicted molar refractivity (Wildman–Crippen MR) is 86.3 cm³/mol. The molecule has 128 valence electrons. The molecule has 4 amide bonds. The number of nitrogens with zero attached hydrogens (tertiary/aromatic N) is 2. The Morgan fingerprint density at radius 1 is 1.29 bits per heavy atom. The number of hydrogen-bond donors (Lipinski definition) is 1. The van der Waals surface area contributed by atoms with Crippen LogP contribution in [-0.4, -0.2) is 34.5 Å². The van der Waals surface area contributed by atoms with Gasteiger partial charge in [0.05, 0.1) is 12.8 Å². The van der Waals surface area contributed by atoms with Gasteiger partial charge in [-0.2, -0.15) is 0 Å². The van der Waals surface area contributed by atoms with Crippen LogP contribution in [0.1, 0.15) is 44.8 Å². The quantitative estimate of drug-likeness (QED) is 0.676. The topological polar surface area (TPSA) is 92.0 Å². The average Bonchev–Trinajstić information content (AvgIpc) is 3.07. The monoisotopic (exact) mass is 331 g/mol. The van der Waals surface area contributed by atoms with Gasteiger partial charge in [0.15, 0.2) is 5.92 Å². The molecule has 1 atom stereocenters. The number of furan rings is 1. The number of barbiturate groups is 1. The van der Waals surface area contributed by atoms with Crippen LogP contribution in [0.3, 0.4) is 0 Å². The molecule has 7 nitrogen and oxygen atoms in total. The highest BCUT2D eigenvalue weighted by Crippen LogP contribution is 2.26. The molecule has 0 radical (unpaired) electrons. The number of carbonyl (C=O) groups excluding carboxylic acids is 3. The van der Waals surface area contributed by atoms with Crippen molar-refractivity contribution in [2.24, 2.45) is 10.9 Å². The fourth-order valence-corrected chi connectivity index (χ4v) is 3.34. The summed E-state index contributed by atoms with van der Waals surface area (Å²) in [6, 6.07) is 2.80. The third kappa shape index (κ3) is 3.25. The highest BCUT2D eigenvalue weighted by atomic mass is 16.3. The molecule has 0 spiro atoms. The summed E-state index contributed by atoms with van der Waals surface area (Å²) in [5.41, 5.74) is 0.391. The van der Waals surface area contributed by atoms with E-state index in [0.717, 1.165) is 32.1 Å². The Hall–Kier alpha value is -2.44. The van der Waals surface area contributed by atoms with Gasteiger partial charge in [0.25, 0.3) is 0 Å². The van der Waals surface area contributed by atoms with Crippen molar-refractivity contribution < 1.29 is 18.8 Å². The standard InChI is InChI=1S/C17H21N3O4/c1-11(18-10-13-8-5-9-24-13)14-15(21)19-17(23)20(16(14)22)12-6-3-2-4-7-12/h5,8-9,12,14H,2-4,6-7,10H2,1H3,(H,19,21,23). The maximum Gasteiger partial charge on any atom is 0.331 e. The van der Waals surface area contributed by atoms with E-state index >= 15 is 0 Å². The highest BCUT2D eigenvalue weighted by Gasteiger charge is 2.44. The van der Waals surface area contributed by atoms with Crippen LogP contribution in [0.25, 0.3) is 0 Å². The number of carbonyl (C=O) groups is 3. The molecule has 0 bridgehead atoms. The lowest BCUT2D eigenvalue weighted by Gasteiger charge is -2.37. The number of aliphatic imine (C=N–C) groups is 1. The molecule has 0 aromatic carbocycles. The molecule has 1 aliphatic carbocycles. The normalized spacial score (nSPS) is 23.5. The molecular weight excluding hydrogens is 310 g/mol. The van der Waals surface area contributed by atoms with Gasteiger partial charge in [-0.3, -0.25) is 24.8 Å². The molecule has 7 heteroatoms. The third-order valence-corrected chi connectivity index (χ3v) is 4.62. The summed E-state index contributed by atoms with van der Waals surface area (Å²) in [6.07, 6.45) is 6.23. The van der Waals surface area contributed by atoms with Gasteiger partial charge in [0.2, 0.25) is 11.8 Å². The second-order valence-electron chi connectivity index (χ2n) is 6.26. The lowest BCUT2D eigenvalue weighted by atomic mass is 9.91. The molecule has 1 aromatic rings. The summed E-state index contributed by atoms with van der Waals surface area (Å²) in [7, 11) is 0. The van der Waals surface area contributed by atoms with Crippen molar-refractivity contribution in [2.75, 3.05) is 0 Å². The maximum atomic E-state index is 12.8. The largest absolute Gasteiger partial charge is 0.467 e.